The van der Waals surface area contributed by atoms with Crippen LogP contribution in [0.15, 0.2) is 90.3 Å². The second kappa shape index (κ2) is 7.65. The van der Waals surface area contributed by atoms with Crippen LogP contribution in [-0.4, -0.2) is 0 Å². The van der Waals surface area contributed by atoms with Gasteiger partial charge in [-0.3, -0.25) is 0 Å². The Labute approximate surface area is 171 Å². The van der Waals surface area contributed by atoms with E-state index in [9.17, 15) is 0 Å². The van der Waals surface area contributed by atoms with E-state index in [1.165, 1.54) is 27.1 Å². The Morgan fingerprint density at radius 1 is 0.679 bits per heavy atom. The Hall–Kier alpha value is -2.84. The predicted octanol–water partition coefficient (Wildman–Crippen LogP) is 8.12. The van der Waals surface area contributed by atoms with Gasteiger partial charge >= 0.3 is 0 Å². The van der Waals surface area contributed by atoms with Crippen molar-refractivity contribution in [2.24, 2.45) is 0 Å². The van der Waals surface area contributed by atoms with Crippen LogP contribution >= 0.6 is 11.3 Å². The molecule has 0 atom stereocenters. The van der Waals surface area contributed by atoms with Crippen molar-refractivity contribution in [2.45, 2.75) is 26.2 Å². The van der Waals surface area contributed by atoms with Gasteiger partial charge in [-0.2, -0.15) is 0 Å². The molecule has 1 heterocycles. The molecule has 0 aliphatic heterocycles. The lowest BCUT2D eigenvalue weighted by atomic mass is 9.87. The molecule has 1 N–H and O–H groups in total. The van der Waals surface area contributed by atoms with Crippen LogP contribution in [-0.2, 0) is 5.41 Å². The highest BCUT2D eigenvalue weighted by Crippen LogP contribution is 2.44. The number of anilines is 2. The molecule has 4 rings (SSSR count). The molecule has 28 heavy (non-hydrogen) atoms. The number of rotatable bonds is 4. The van der Waals surface area contributed by atoms with E-state index in [0.29, 0.717) is 0 Å². The standard InChI is InChI=1S/C26H25NS/c1-26(2,3)21-14-16-22(17-15-21)27-23-18-28-25(20-12-8-5-9-13-20)24(23)19-10-6-4-7-11-19/h4-18,27H,1-3H3. The first-order valence-corrected chi connectivity index (χ1v) is 10.5. The molecule has 1 aromatic heterocycles. The van der Waals surface area contributed by atoms with Gasteiger partial charge in [0.1, 0.15) is 0 Å². The largest absolute Gasteiger partial charge is 0.354 e. The van der Waals surface area contributed by atoms with Crippen molar-refractivity contribution < 1.29 is 0 Å². The van der Waals surface area contributed by atoms with Crippen molar-refractivity contribution in [1.29, 1.82) is 0 Å². The third-order valence-corrected chi connectivity index (χ3v) is 5.95. The van der Waals surface area contributed by atoms with Crippen molar-refractivity contribution in [3.05, 3.63) is 95.9 Å². The zero-order chi connectivity index (χ0) is 19.6. The number of hydrogen-bond acceptors (Lipinski definition) is 2. The molecule has 4 aromatic rings. The highest BCUT2D eigenvalue weighted by atomic mass is 32.1. The second-order valence-corrected chi connectivity index (χ2v) is 8.92. The summed E-state index contributed by atoms with van der Waals surface area (Å²) in [6.45, 7) is 6.73. The first-order valence-electron chi connectivity index (χ1n) is 9.62. The maximum Gasteiger partial charge on any atom is 0.0579 e. The topological polar surface area (TPSA) is 12.0 Å². The van der Waals surface area contributed by atoms with Gasteiger partial charge in [-0.1, -0.05) is 93.6 Å². The molecule has 1 nitrogen and oxygen atoms in total. The Kier molecular flexibility index (Phi) is 5.06. The maximum absolute atomic E-state index is 3.65. The summed E-state index contributed by atoms with van der Waals surface area (Å²) in [7, 11) is 0. The lowest BCUT2D eigenvalue weighted by Gasteiger charge is -2.19. The van der Waals surface area contributed by atoms with Crippen LogP contribution in [0.3, 0.4) is 0 Å². The minimum atomic E-state index is 0.163. The van der Waals surface area contributed by atoms with Gasteiger partial charge in [0.15, 0.2) is 0 Å². The highest BCUT2D eigenvalue weighted by molar-refractivity contribution is 7.14. The van der Waals surface area contributed by atoms with E-state index in [-0.39, 0.29) is 5.41 Å². The predicted molar refractivity (Wildman–Crippen MR) is 124 cm³/mol. The molecule has 0 unspecified atom stereocenters. The van der Waals surface area contributed by atoms with Gasteiger partial charge in [-0.05, 0) is 34.2 Å². The number of nitrogens with one attached hydrogen (secondary N) is 1. The van der Waals surface area contributed by atoms with Gasteiger partial charge in [0.25, 0.3) is 0 Å². The number of thiophene rings is 1. The summed E-state index contributed by atoms with van der Waals surface area (Å²) in [5.41, 5.74) is 7.52. The van der Waals surface area contributed by atoms with Crippen molar-refractivity contribution in [3.8, 4) is 21.6 Å². The molecule has 0 aliphatic carbocycles. The summed E-state index contributed by atoms with van der Waals surface area (Å²) in [4.78, 5) is 1.29. The van der Waals surface area contributed by atoms with Crippen LogP contribution in [0, 0.1) is 0 Å². The van der Waals surface area contributed by atoms with E-state index in [0.717, 1.165) is 11.4 Å². The molecule has 0 amide bonds. The first kappa shape index (κ1) is 18.5. The monoisotopic (exact) mass is 383 g/mol. The van der Waals surface area contributed by atoms with Crippen LogP contribution in [0.5, 0.6) is 0 Å². The summed E-state index contributed by atoms with van der Waals surface area (Å²) in [5.74, 6) is 0. The number of benzene rings is 3. The van der Waals surface area contributed by atoms with Crippen LogP contribution in [0.25, 0.3) is 21.6 Å². The first-order chi connectivity index (χ1) is 13.5. The molecule has 0 bridgehead atoms. The van der Waals surface area contributed by atoms with E-state index in [1.807, 2.05) is 0 Å². The van der Waals surface area contributed by atoms with Crippen molar-refractivity contribution in [3.63, 3.8) is 0 Å². The molecule has 0 saturated heterocycles. The van der Waals surface area contributed by atoms with E-state index < -0.39 is 0 Å². The van der Waals surface area contributed by atoms with Gasteiger partial charge < -0.3 is 5.32 Å². The molecule has 0 aliphatic rings. The fraction of sp³-hybridized carbons (Fsp3) is 0.154. The van der Waals surface area contributed by atoms with Gasteiger partial charge in [0, 0.05) is 21.5 Å². The molecular weight excluding hydrogens is 358 g/mol. The molecule has 2 heteroatoms. The molecule has 0 spiro atoms. The van der Waals surface area contributed by atoms with Gasteiger partial charge in [-0.15, -0.1) is 11.3 Å². The lowest BCUT2D eigenvalue weighted by Crippen LogP contribution is -2.10. The summed E-state index contributed by atoms with van der Waals surface area (Å²) in [6.07, 6.45) is 0. The summed E-state index contributed by atoms with van der Waals surface area (Å²) in [6, 6.07) is 30.0. The van der Waals surface area contributed by atoms with E-state index in [2.05, 4.69) is 116 Å². The molecule has 3 aromatic carbocycles. The van der Waals surface area contributed by atoms with Crippen LogP contribution in [0.1, 0.15) is 26.3 Å². The fourth-order valence-electron chi connectivity index (χ4n) is 3.35. The Bertz CT molecular complexity index is 1040. The van der Waals surface area contributed by atoms with E-state index in [1.54, 1.807) is 11.3 Å². The smallest absolute Gasteiger partial charge is 0.0579 e. The zero-order valence-electron chi connectivity index (χ0n) is 16.6. The Morgan fingerprint density at radius 2 is 1.25 bits per heavy atom. The minimum absolute atomic E-state index is 0.163. The van der Waals surface area contributed by atoms with Crippen molar-refractivity contribution in [2.75, 3.05) is 5.32 Å². The van der Waals surface area contributed by atoms with Gasteiger partial charge in [-0.25, -0.2) is 0 Å². The zero-order valence-corrected chi connectivity index (χ0v) is 17.4. The van der Waals surface area contributed by atoms with E-state index in [4.69, 9.17) is 0 Å². The van der Waals surface area contributed by atoms with Crippen LogP contribution in [0.4, 0.5) is 11.4 Å². The average Bonchev–Trinajstić information content (AvgIpc) is 3.12. The molecule has 0 saturated carbocycles. The second-order valence-electron chi connectivity index (χ2n) is 8.04. The lowest BCUT2D eigenvalue weighted by molar-refractivity contribution is 0.590. The quantitative estimate of drug-likeness (QED) is 0.375. The Balaban J connectivity index is 1.74. The third kappa shape index (κ3) is 3.88. The molecular formula is C26H25NS. The molecule has 0 radical (unpaired) electrons. The van der Waals surface area contributed by atoms with E-state index >= 15 is 0 Å². The molecule has 140 valence electrons. The SMILES string of the molecule is CC(C)(C)c1ccc(Nc2csc(-c3ccccc3)c2-c2ccccc2)cc1. The number of hydrogen-bond donors (Lipinski definition) is 1. The molecule has 0 fully saturated rings. The highest BCUT2D eigenvalue weighted by Gasteiger charge is 2.16. The summed E-state index contributed by atoms with van der Waals surface area (Å²) >= 11 is 1.79. The minimum Gasteiger partial charge on any atom is -0.354 e. The summed E-state index contributed by atoms with van der Waals surface area (Å²) in [5, 5.41) is 5.87. The van der Waals surface area contributed by atoms with Gasteiger partial charge in [0.2, 0.25) is 0 Å². The van der Waals surface area contributed by atoms with Crippen molar-refractivity contribution >= 4 is 22.7 Å². The maximum atomic E-state index is 3.65. The Morgan fingerprint density at radius 3 is 1.82 bits per heavy atom. The van der Waals surface area contributed by atoms with Crippen LogP contribution < -0.4 is 5.32 Å². The van der Waals surface area contributed by atoms with Crippen LogP contribution in [0.2, 0.25) is 0 Å². The summed E-state index contributed by atoms with van der Waals surface area (Å²) < 4.78 is 0. The van der Waals surface area contributed by atoms with Gasteiger partial charge in [0.05, 0.1) is 5.69 Å². The average molecular weight is 384 g/mol. The third-order valence-electron chi connectivity index (χ3n) is 4.92. The van der Waals surface area contributed by atoms with Crippen molar-refractivity contribution in [1.82, 2.24) is 0 Å². The normalized spacial score (nSPS) is 11.4. The fourth-order valence-corrected chi connectivity index (χ4v) is 4.38.